The molecule has 0 bridgehead atoms. The van der Waals surface area contributed by atoms with Gasteiger partial charge in [0.15, 0.2) is 0 Å². The molecule has 0 unspecified atom stereocenters. The van der Waals surface area contributed by atoms with Crippen molar-refractivity contribution in [1.29, 1.82) is 5.26 Å². The highest BCUT2D eigenvalue weighted by Crippen LogP contribution is 2.37. The van der Waals surface area contributed by atoms with E-state index < -0.39 is 5.97 Å². The van der Waals surface area contributed by atoms with Crippen LogP contribution in [0.3, 0.4) is 0 Å². The lowest BCUT2D eigenvalue weighted by Crippen LogP contribution is -1.94. The number of hydrogen-bond acceptors (Lipinski definition) is 4. The SMILES string of the molecule is N#Cc1ccc2c(Br)c(I)sc2c1.O=C(O)c1ccc2c(Br)c(I)sc2c1. The number of carbonyl (C=O) groups is 1. The summed E-state index contributed by atoms with van der Waals surface area (Å²) in [5.74, 6) is -0.883. The van der Waals surface area contributed by atoms with Crippen LogP contribution in [0.25, 0.3) is 20.2 Å². The number of halogens is 4. The van der Waals surface area contributed by atoms with Gasteiger partial charge in [0.05, 0.1) is 23.0 Å². The Morgan fingerprint density at radius 1 is 0.963 bits per heavy atom. The van der Waals surface area contributed by atoms with Crippen LogP contribution in [0.1, 0.15) is 15.9 Å². The van der Waals surface area contributed by atoms with E-state index >= 15 is 0 Å². The summed E-state index contributed by atoms with van der Waals surface area (Å²) in [5, 5.41) is 19.8. The van der Waals surface area contributed by atoms with Gasteiger partial charge in [-0.1, -0.05) is 12.1 Å². The number of thiophene rings is 2. The molecule has 0 saturated heterocycles. The second-order valence-corrected chi connectivity index (χ2v) is 12.5. The van der Waals surface area contributed by atoms with Crippen molar-refractivity contribution in [3.8, 4) is 6.07 Å². The molecular weight excluding hydrogens is 740 g/mol. The summed E-state index contributed by atoms with van der Waals surface area (Å²) in [7, 11) is 0. The zero-order valence-corrected chi connectivity index (χ0v) is 22.2. The second kappa shape index (κ2) is 9.04. The van der Waals surface area contributed by atoms with E-state index in [0.717, 1.165) is 32.2 Å². The van der Waals surface area contributed by atoms with Crippen molar-refractivity contribution in [3.05, 3.63) is 62.2 Å². The van der Waals surface area contributed by atoms with Crippen LogP contribution in [0.15, 0.2) is 45.3 Å². The quantitative estimate of drug-likeness (QED) is 0.201. The number of nitriles is 1. The minimum Gasteiger partial charge on any atom is -0.478 e. The monoisotopic (exact) mass is 745 g/mol. The summed E-state index contributed by atoms with van der Waals surface area (Å²) in [6.45, 7) is 0. The molecule has 27 heavy (non-hydrogen) atoms. The molecule has 0 aliphatic carbocycles. The van der Waals surface area contributed by atoms with E-state index in [1.165, 1.54) is 8.27 Å². The Hall–Kier alpha value is -0.260. The van der Waals surface area contributed by atoms with E-state index in [2.05, 4.69) is 83.1 Å². The van der Waals surface area contributed by atoms with Crippen LogP contribution in [-0.2, 0) is 0 Å². The van der Waals surface area contributed by atoms with Crippen LogP contribution in [0.2, 0.25) is 0 Å². The Morgan fingerprint density at radius 3 is 2.00 bits per heavy atom. The lowest BCUT2D eigenvalue weighted by atomic mass is 10.2. The Morgan fingerprint density at radius 2 is 1.48 bits per heavy atom. The average Bonchev–Trinajstić information content (AvgIpc) is 3.10. The van der Waals surface area contributed by atoms with Crippen molar-refractivity contribution >= 4 is 126 Å². The van der Waals surface area contributed by atoms with Crippen molar-refractivity contribution in [1.82, 2.24) is 0 Å². The zero-order valence-electron chi connectivity index (χ0n) is 13.1. The minimum absolute atomic E-state index is 0.336. The molecule has 0 atom stereocenters. The fourth-order valence-corrected chi connectivity index (χ4v) is 7.43. The predicted molar refractivity (Wildman–Crippen MR) is 136 cm³/mol. The van der Waals surface area contributed by atoms with E-state index in [1.54, 1.807) is 34.8 Å². The Labute approximate surface area is 206 Å². The first-order valence-corrected chi connectivity index (χ1v) is 12.6. The molecule has 2 heterocycles. The molecule has 0 aliphatic heterocycles. The fraction of sp³-hybridized carbons (Fsp3) is 0. The molecule has 9 heteroatoms. The smallest absolute Gasteiger partial charge is 0.335 e. The highest BCUT2D eigenvalue weighted by atomic mass is 127. The highest BCUT2D eigenvalue weighted by Gasteiger charge is 2.10. The molecule has 0 saturated carbocycles. The molecule has 0 aliphatic rings. The molecule has 3 nitrogen and oxygen atoms in total. The normalized spacial score (nSPS) is 10.5. The van der Waals surface area contributed by atoms with Gasteiger partial charge in [0.1, 0.15) is 0 Å². The number of aromatic carboxylic acids is 1. The van der Waals surface area contributed by atoms with Crippen molar-refractivity contribution in [3.63, 3.8) is 0 Å². The van der Waals surface area contributed by atoms with Gasteiger partial charge in [-0.15, -0.1) is 22.7 Å². The van der Waals surface area contributed by atoms with Crippen LogP contribution < -0.4 is 0 Å². The third-order valence-electron chi connectivity index (χ3n) is 3.56. The number of rotatable bonds is 1. The Kier molecular flexibility index (Phi) is 7.18. The summed E-state index contributed by atoms with van der Waals surface area (Å²) < 4.78 is 6.71. The number of benzene rings is 2. The van der Waals surface area contributed by atoms with Gasteiger partial charge >= 0.3 is 5.97 Å². The number of carboxylic acid groups (broad SMARTS) is 1. The third kappa shape index (κ3) is 4.67. The Bertz CT molecular complexity index is 1230. The molecule has 0 spiro atoms. The first-order valence-electron chi connectivity index (χ1n) is 7.20. The molecule has 4 aromatic rings. The van der Waals surface area contributed by atoms with Gasteiger partial charge in [0.2, 0.25) is 0 Å². The highest BCUT2D eigenvalue weighted by molar-refractivity contribution is 14.1. The molecule has 2 aromatic heterocycles. The third-order valence-corrected chi connectivity index (χ3v) is 11.5. The lowest BCUT2D eigenvalue weighted by molar-refractivity contribution is 0.0697. The maximum absolute atomic E-state index is 10.7. The summed E-state index contributed by atoms with van der Waals surface area (Å²) in [5.41, 5.74) is 1.06. The van der Waals surface area contributed by atoms with Crippen LogP contribution in [0.5, 0.6) is 0 Å². The summed E-state index contributed by atoms with van der Waals surface area (Å²) in [4.78, 5) is 10.7. The predicted octanol–water partition coefficient (Wildman–Crippen LogP) is 8.11. The van der Waals surface area contributed by atoms with Gasteiger partial charge in [-0.05, 0) is 101 Å². The molecule has 136 valence electrons. The topological polar surface area (TPSA) is 61.1 Å². The van der Waals surface area contributed by atoms with Gasteiger partial charge in [-0.3, -0.25) is 0 Å². The molecule has 0 radical (unpaired) electrons. The number of hydrogen-bond donors (Lipinski definition) is 1. The lowest BCUT2D eigenvalue weighted by Gasteiger charge is -1.94. The maximum Gasteiger partial charge on any atom is 0.335 e. The number of nitrogens with zero attached hydrogens (tertiary/aromatic N) is 1. The minimum atomic E-state index is -0.883. The van der Waals surface area contributed by atoms with Crippen molar-refractivity contribution < 1.29 is 9.90 Å². The van der Waals surface area contributed by atoms with E-state index in [-0.39, 0.29) is 0 Å². The average molecular weight is 747 g/mol. The summed E-state index contributed by atoms with van der Waals surface area (Å²) in [6.07, 6.45) is 0. The standard InChI is InChI=1S/C9H3BrINS.C9H4BrIO2S/c10-8-6-2-1-5(4-12)3-7(6)13-9(8)11;10-7-5-2-1-4(9(12)13)3-6(5)14-8(7)11/h1-3H;1-3H,(H,12,13). The molecule has 0 fully saturated rings. The second-order valence-electron chi connectivity index (χ2n) is 5.22. The van der Waals surface area contributed by atoms with Crippen molar-refractivity contribution in [2.24, 2.45) is 0 Å². The van der Waals surface area contributed by atoms with Gasteiger partial charge < -0.3 is 5.11 Å². The van der Waals surface area contributed by atoms with E-state index in [4.69, 9.17) is 10.4 Å². The molecule has 4 rings (SSSR count). The van der Waals surface area contributed by atoms with Gasteiger partial charge in [-0.2, -0.15) is 5.26 Å². The van der Waals surface area contributed by atoms with E-state index in [1.807, 2.05) is 24.3 Å². The van der Waals surface area contributed by atoms with Crippen LogP contribution in [-0.4, -0.2) is 11.1 Å². The zero-order chi connectivity index (χ0) is 19.7. The van der Waals surface area contributed by atoms with Gasteiger partial charge in [0, 0.05) is 29.1 Å². The van der Waals surface area contributed by atoms with Crippen molar-refractivity contribution in [2.45, 2.75) is 0 Å². The largest absolute Gasteiger partial charge is 0.478 e. The van der Waals surface area contributed by atoms with Gasteiger partial charge in [-0.25, -0.2) is 4.79 Å². The van der Waals surface area contributed by atoms with Crippen LogP contribution in [0.4, 0.5) is 0 Å². The van der Waals surface area contributed by atoms with Crippen LogP contribution >= 0.6 is 99.7 Å². The summed E-state index contributed by atoms with van der Waals surface area (Å²) in [6, 6.07) is 13.0. The molecule has 1 N–H and O–H groups in total. The van der Waals surface area contributed by atoms with Crippen LogP contribution in [0, 0.1) is 17.1 Å². The number of fused-ring (bicyclic) bond motifs is 2. The molecule has 2 aromatic carbocycles. The van der Waals surface area contributed by atoms with Gasteiger partial charge in [0.25, 0.3) is 0 Å². The first-order chi connectivity index (χ1) is 12.8. The Balaban J connectivity index is 0.000000156. The fourth-order valence-electron chi connectivity index (χ4n) is 2.27. The molecular formula is C18H7Br2I2NO2S2. The van der Waals surface area contributed by atoms with Crippen molar-refractivity contribution in [2.75, 3.05) is 0 Å². The van der Waals surface area contributed by atoms with E-state index in [0.29, 0.717) is 5.56 Å². The maximum atomic E-state index is 10.7. The van der Waals surface area contributed by atoms with E-state index in [9.17, 15) is 4.79 Å². The summed E-state index contributed by atoms with van der Waals surface area (Å²) >= 11 is 14.8. The number of carboxylic acids is 1. The molecule has 0 amide bonds. The first kappa shape index (κ1) is 21.4.